The summed E-state index contributed by atoms with van der Waals surface area (Å²) in [7, 11) is -0.671. The van der Waals surface area contributed by atoms with Crippen LogP contribution in [0, 0.1) is 0 Å². The second-order valence-electron chi connectivity index (χ2n) is 11.2. The number of hydrogen-bond acceptors (Lipinski definition) is 5. The number of ether oxygens (including phenoxy) is 1. The SMILES string of the molecule is CCCCC[C@H](CC(O)C(C(=O)OC)N(Cc1ccccc1)c1ccccc1)O[Si](C)(C)C(C)(C)C. The number of esters is 1. The minimum absolute atomic E-state index is 0.0616. The topological polar surface area (TPSA) is 59.0 Å². The number of hydrogen-bond donors (Lipinski definition) is 1. The number of rotatable bonds is 14. The Morgan fingerprint density at radius 2 is 1.58 bits per heavy atom. The van der Waals surface area contributed by atoms with E-state index < -0.39 is 26.4 Å². The molecule has 3 atom stereocenters. The van der Waals surface area contributed by atoms with Crippen LogP contribution in [0.3, 0.4) is 0 Å². The van der Waals surface area contributed by atoms with E-state index >= 15 is 0 Å². The van der Waals surface area contributed by atoms with Crippen LogP contribution < -0.4 is 4.90 Å². The first kappa shape index (κ1) is 30.1. The Kier molecular flexibility index (Phi) is 11.7. The number of benzene rings is 2. The van der Waals surface area contributed by atoms with E-state index in [4.69, 9.17) is 9.16 Å². The maximum Gasteiger partial charge on any atom is 0.331 e. The zero-order chi connectivity index (χ0) is 26.8. The third-order valence-corrected chi connectivity index (χ3v) is 11.9. The van der Waals surface area contributed by atoms with Gasteiger partial charge in [0.05, 0.1) is 13.2 Å². The van der Waals surface area contributed by atoms with Crippen LogP contribution in [0.4, 0.5) is 5.69 Å². The average molecular weight is 514 g/mol. The van der Waals surface area contributed by atoms with E-state index in [1.165, 1.54) is 7.11 Å². The summed E-state index contributed by atoms with van der Waals surface area (Å²) < 4.78 is 12.0. The number of carbonyl (C=O) groups excluding carboxylic acids is 1. The van der Waals surface area contributed by atoms with Gasteiger partial charge in [-0.25, -0.2) is 4.79 Å². The second-order valence-corrected chi connectivity index (χ2v) is 16.0. The van der Waals surface area contributed by atoms with Gasteiger partial charge in [-0.3, -0.25) is 0 Å². The summed E-state index contributed by atoms with van der Waals surface area (Å²) in [6.07, 6.45) is 3.48. The summed E-state index contributed by atoms with van der Waals surface area (Å²) in [5, 5.41) is 11.7. The number of carbonyl (C=O) groups is 1. The van der Waals surface area contributed by atoms with E-state index in [-0.39, 0.29) is 11.1 Å². The van der Waals surface area contributed by atoms with Gasteiger partial charge in [-0.1, -0.05) is 95.5 Å². The van der Waals surface area contributed by atoms with Gasteiger partial charge in [0, 0.05) is 24.8 Å². The second kappa shape index (κ2) is 14.0. The van der Waals surface area contributed by atoms with Crippen molar-refractivity contribution < 1.29 is 19.1 Å². The lowest BCUT2D eigenvalue weighted by Gasteiger charge is -2.41. The Hall–Kier alpha value is -2.15. The third kappa shape index (κ3) is 8.75. The molecule has 36 heavy (non-hydrogen) atoms. The molecule has 2 unspecified atom stereocenters. The molecule has 0 heterocycles. The van der Waals surface area contributed by atoms with Gasteiger partial charge in [-0.05, 0) is 42.2 Å². The first-order valence-corrected chi connectivity index (χ1v) is 16.2. The molecule has 0 aromatic heterocycles. The molecule has 2 rings (SSSR count). The van der Waals surface area contributed by atoms with Crippen molar-refractivity contribution >= 4 is 20.0 Å². The van der Waals surface area contributed by atoms with E-state index in [1.807, 2.05) is 65.6 Å². The lowest BCUT2D eigenvalue weighted by Crippen LogP contribution is -2.52. The molecule has 0 radical (unpaired) electrons. The Morgan fingerprint density at radius 3 is 2.11 bits per heavy atom. The Labute approximate surface area is 220 Å². The predicted molar refractivity (Wildman–Crippen MR) is 152 cm³/mol. The number of aliphatic hydroxyl groups excluding tert-OH is 1. The van der Waals surface area contributed by atoms with E-state index in [0.717, 1.165) is 36.9 Å². The van der Waals surface area contributed by atoms with Crippen LogP contribution in [0.5, 0.6) is 0 Å². The normalized spacial score (nSPS) is 14.7. The Morgan fingerprint density at radius 1 is 1.00 bits per heavy atom. The lowest BCUT2D eigenvalue weighted by molar-refractivity contribution is -0.145. The van der Waals surface area contributed by atoms with E-state index in [2.05, 4.69) is 40.8 Å². The molecule has 0 bridgehead atoms. The summed E-state index contributed by atoms with van der Waals surface area (Å²) in [6, 6.07) is 18.9. The molecule has 0 saturated heterocycles. The van der Waals surface area contributed by atoms with Gasteiger partial charge in [-0.2, -0.15) is 0 Å². The van der Waals surface area contributed by atoms with E-state index in [9.17, 15) is 9.90 Å². The smallest absolute Gasteiger partial charge is 0.331 e. The molecule has 0 saturated carbocycles. The average Bonchev–Trinajstić information content (AvgIpc) is 2.83. The molecular formula is C30H47NO4Si. The van der Waals surface area contributed by atoms with Gasteiger partial charge in [0.2, 0.25) is 0 Å². The molecule has 0 fully saturated rings. The van der Waals surface area contributed by atoms with Gasteiger partial charge < -0.3 is 19.2 Å². The third-order valence-electron chi connectivity index (χ3n) is 7.33. The van der Waals surface area contributed by atoms with Gasteiger partial charge in [0.25, 0.3) is 0 Å². The summed E-state index contributed by atoms with van der Waals surface area (Å²) in [6.45, 7) is 13.8. The van der Waals surface area contributed by atoms with Crippen LogP contribution in [0.15, 0.2) is 60.7 Å². The highest BCUT2D eigenvalue weighted by Gasteiger charge is 2.41. The largest absolute Gasteiger partial charge is 0.467 e. The van der Waals surface area contributed by atoms with Gasteiger partial charge in [-0.15, -0.1) is 0 Å². The monoisotopic (exact) mass is 513 g/mol. The van der Waals surface area contributed by atoms with Crippen LogP contribution in [0.25, 0.3) is 0 Å². The van der Waals surface area contributed by atoms with Gasteiger partial charge >= 0.3 is 5.97 Å². The van der Waals surface area contributed by atoms with Crippen LogP contribution in [-0.4, -0.2) is 44.8 Å². The van der Waals surface area contributed by atoms with Crippen molar-refractivity contribution in [1.29, 1.82) is 0 Å². The molecule has 6 heteroatoms. The lowest BCUT2D eigenvalue weighted by atomic mass is 9.98. The van der Waals surface area contributed by atoms with Crippen molar-refractivity contribution in [3.8, 4) is 0 Å². The van der Waals surface area contributed by atoms with Gasteiger partial charge in [0.15, 0.2) is 14.4 Å². The first-order valence-electron chi connectivity index (χ1n) is 13.3. The van der Waals surface area contributed by atoms with Crippen LogP contribution in [-0.2, 0) is 20.5 Å². The van der Waals surface area contributed by atoms with Crippen LogP contribution >= 0.6 is 0 Å². The Bertz CT molecular complexity index is 898. The van der Waals surface area contributed by atoms with Crippen molar-refractivity contribution in [3.05, 3.63) is 66.2 Å². The van der Waals surface area contributed by atoms with Crippen molar-refractivity contribution in [2.75, 3.05) is 12.0 Å². The molecule has 0 spiro atoms. The highest BCUT2D eigenvalue weighted by Crippen LogP contribution is 2.38. The summed E-state index contributed by atoms with van der Waals surface area (Å²) in [5.41, 5.74) is 1.92. The first-order chi connectivity index (χ1) is 17.0. The van der Waals surface area contributed by atoms with E-state index in [0.29, 0.717) is 13.0 Å². The molecule has 0 amide bonds. The summed E-state index contributed by atoms with van der Waals surface area (Å²) in [4.78, 5) is 15.1. The van der Waals surface area contributed by atoms with Crippen molar-refractivity contribution in [2.24, 2.45) is 0 Å². The minimum Gasteiger partial charge on any atom is -0.467 e. The molecule has 2 aromatic rings. The fourth-order valence-electron chi connectivity index (χ4n) is 4.20. The Balaban J connectivity index is 2.38. The maximum absolute atomic E-state index is 13.2. The highest BCUT2D eigenvalue weighted by molar-refractivity contribution is 6.74. The maximum atomic E-state index is 13.2. The van der Waals surface area contributed by atoms with Crippen LogP contribution in [0.1, 0.15) is 65.4 Å². The number of aliphatic hydroxyl groups is 1. The molecule has 2 aromatic carbocycles. The predicted octanol–water partition coefficient (Wildman–Crippen LogP) is 6.96. The fraction of sp³-hybridized carbons (Fsp3) is 0.567. The quantitative estimate of drug-likeness (QED) is 0.168. The highest BCUT2D eigenvalue weighted by atomic mass is 28.4. The molecule has 0 aliphatic rings. The number of para-hydroxylation sites is 1. The number of nitrogens with zero attached hydrogens (tertiary/aromatic N) is 1. The van der Waals surface area contributed by atoms with Crippen LogP contribution in [0.2, 0.25) is 18.1 Å². The van der Waals surface area contributed by atoms with Gasteiger partial charge in [0.1, 0.15) is 0 Å². The molecule has 0 aliphatic heterocycles. The molecule has 5 nitrogen and oxygen atoms in total. The van der Waals surface area contributed by atoms with Crippen molar-refractivity contribution in [3.63, 3.8) is 0 Å². The number of unbranched alkanes of at least 4 members (excludes halogenated alkanes) is 2. The summed E-state index contributed by atoms with van der Waals surface area (Å²) in [5.74, 6) is -0.443. The molecule has 1 N–H and O–H groups in total. The molecule has 200 valence electrons. The number of anilines is 1. The zero-order valence-electron chi connectivity index (χ0n) is 23.4. The fourth-order valence-corrected chi connectivity index (χ4v) is 5.60. The zero-order valence-corrected chi connectivity index (χ0v) is 24.4. The van der Waals surface area contributed by atoms with Crippen molar-refractivity contribution in [2.45, 2.75) is 103 Å². The molecule has 0 aliphatic carbocycles. The minimum atomic E-state index is -2.06. The van der Waals surface area contributed by atoms with Crippen molar-refractivity contribution in [1.82, 2.24) is 0 Å². The van der Waals surface area contributed by atoms with E-state index in [1.54, 1.807) is 0 Å². The molecular weight excluding hydrogens is 466 g/mol. The number of methoxy groups -OCH3 is 1. The summed E-state index contributed by atoms with van der Waals surface area (Å²) >= 11 is 0. The standard InChI is InChI=1S/C30H47NO4Si/c1-8-9-12-21-26(35-36(6,7)30(2,3)4)22-27(32)28(29(33)34-5)31(25-19-15-11-16-20-25)23-24-17-13-10-14-18-24/h10-11,13-20,26-28,32H,8-9,12,21-23H2,1-7H3/t26-,27?,28?/m1/s1.